The molecule has 0 atom stereocenters. The first kappa shape index (κ1) is 14.9. The molecule has 0 spiro atoms. The normalized spacial score (nSPS) is 11.0. The van der Waals surface area contributed by atoms with Crippen molar-refractivity contribution in [3.05, 3.63) is 41.3 Å². The van der Waals surface area contributed by atoms with Crippen molar-refractivity contribution in [1.29, 1.82) is 0 Å². The summed E-state index contributed by atoms with van der Waals surface area (Å²) in [6.45, 7) is 3.28. The maximum atomic E-state index is 13.1. The molecule has 0 aliphatic rings. The number of anilines is 1. The first-order valence-corrected chi connectivity index (χ1v) is 8.02. The predicted octanol–water partition coefficient (Wildman–Crippen LogP) is 3.57. The number of halogens is 1. The van der Waals surface area contributed by atoms with Crippen molar-refractivity contribution in [2.24, 2.45) is 5.73 Å². The van der Waals surface area contributed by atoms with E-state index in [9.17, 15) is 4.39 Å². The zero-order valence-corrected chi connectivity index (χ0v) is 13.1. The molecule has 3 N–H and O–H groups in total. The first-order chi connectivity index (χ1) is 10.7. The molecule has 0 aliphatic carbocycles. The third-order valence-electron chi connectivity index (χ3n) is 3.37. The topological polar surface area (TPSA) is 63.8 Å². The summed E-state index contributed by atoms with van der Waals surface area (Å²) in [5.74, 6) is 1.31. The molecule has 114 valence electrons. The van der Waals surface area contributed by atoms with Crippen molar-refractivity contribution in [1.82, 2.24) is 9.97 Å². The zero-order chi connectivity index (χ0) is 15.5. The van der Waals surface area contributed by atoms with Gasteiger partial charge in [0.25, 0.3) is 0 Å². The van der Waals surface area contributed by atoms with Gasteiger partial charge < -0.3 is 11.1 Å². The van der Waals surface area contributed by atoms with Crippen molar-refractivity contribution in [3.63, 3.8) is 0 Å². The Morgan fingerprint density at radius 2 is 2.00 bits per heavy atom. The minimum Gasteiger partial charge on any atom is -0.369 e. The van der Waals surface area contributed by atoms with Crippen LogP contribution >= 0.6 is 11.3 Å². The second kappa shape index (κ2) is 6.37. The van der Waals surface area contributed by atoms with Crippen LogP contribution in [0.4, 0.5) is 10.2 Å². The summed E-state index contributed by atoms with van der Waals surface area (Å²) in [5.41, 5.74) is 7.53. The molecule has 0 aliphatic heterocycles. The molecule has 2 aromatic heterocycles. The summed E-state index contributed by atoms with van der Waals surface area (Å²) in [5, 5.41) is 6.37. The average molecular weight is 316 g/mol. The lowest BCUT2D eigenvalue weighted by molar-refractivity contribution is 0.628. The molecule has 2 heterocycles. The van der Waals surface area contributed by atoms with Crippen LogP contribution in [-0.4, -0.2) is 23.1 Å². The van der Waals surface area contributed by atoms with Gasteiger partial charge in [-0.1, -0.05) is 12.1 Å². The Hall–Kier alpha value is -2.05. The number of nitrogens with zero attached hydrogens (tertiary/aromatic N) is 2. The molecule has 0 unspecified atom stereocenters. The van der Waals surface area contributed by atoms with Crippen LogP contribution in [-0.2, 0) is 0 Å². The van der Waals surface area contributed by atoms with Gasteiger partial charge in [0.15, 0.2) is 0 Å². The Bertz CT molecular complexity index is 783. The molecule has 22 heavy (non-hydrogen) atoms. The van der Waals surface area contributed by atoms with Gasteiger partial charge in [-0.2, -0.15) is 0 Å². The number of hydrogen-bond donors (Lipinski definition) is 2. The van der Waals surface area contributed by atoms with E-state index in [0.717, 1.165) is 46.0 Å². The molecule has 6 heteroatoms. The number of nitrogens with two attached hydrogens (primary N) is 1. The maximum absolute atomic E-state index is 13.1. The Kier molecular flexibility index (Phi) is 4.31. The second-order valence-corrected chi connectivity index (χ2v) is 5.88. The number of aromatic nitrogens is 2. The molecule has 0 amide bonds. The SMILES string of the molecule is Cc1nc(NCCCN)c2c(-c3ccc(F)cc3)csc2n1. The van der Waals surface area contributed by atoms with Gasteiger partial charge in [-0.3, -0.25) is 0 Å². The van der Waals surface area contributed by atoms with Gasteiger partial charge in [-0.05, 0) is 37.6 Å². The molecule has 0 saturated carbocycles. The van der Waals surface area contributed by atoms with Gasteiger partial charge in [-0.25, -0.2) is 14.4 Å². The molecule has 3 rings (SSSR count). The lowest BCUT2D eigenvalue weighted by Gasteiger charge is -2.09. The van der Waals surface area contributed by atoms with Gasteiger partial charge in [0.05, 0.1) is 5.39 Å². The van der Waals surface area contributed by atoms with Crippen LogP contribution in [0, 0.1) is 12.7 Å². The Labute approximate surface area is 132 Å². The highest BCUT2D eigenvalue weighted by Crippen LogP contribution is 2.36. The largest absolute Gasteiger partial charge is 0.369 e. The number of rotatable bonds is 5. The average Bonchev–Trinajstić information content (AvgIpc) is 2.92. The minimum atomic E-state index is -0.239. The van der Waals surface area contributed by atoms with Crippen LogP contribution in [0.2, 0.25) is 0 Å². The van der Waals surface area contributed by atoms with Crippen LogP contribution in [0.15, 0.2) is 29.6 Å². The number of fused-ring (bicyclic) bond motifs is 1. The fraction of sp³-hybridized carbons (Fsp3) is 0.250. The van der Waals surface area contributed by atoms with Crippen molar-refractivity contribution in [2.45, 2.75) is 13.3 Å². The van der Waals surface area contributed by atoms with Crippen LogP contribution in [0.1, 0.15) is 12.2 Å². The number of benzene rings is 1. The van der Waals surface area contributed by atoms with E-state index >= 15 is 0 Å². The molecule has 0 bridgehead atoms. The molecule has 1 aromatic carbocycles. The van der Waals surface area contributed by atoms with Gasteiger partial charge in [-0.15, -0.1) is 11.3 Å². The fourth-order valence-electron chi connectivity index (χ4n) is 2.33. The van der Waals surface area contributed by atoms with Crippen molar-refractivity contribution >= 4 is 27.4 Å². The van der Waals surface area contributed by atoms with Crippen molar-refractivity contribution < 1.29 is 4.39 Å². The Balaban J connectivity index is 2.09. The van der Waals surface area contributed by atoms with E-state index < -0.39 is 0 Å². The summed E-state index contributed by atoms with van der Waals surface area (Å²) < 4.78 is 13.1. The summed E-state index contributed by atoms with van der Waals surface area (Å²) in [4.78, 5) is 9.95. The van der Waals surface area contributed by atoms with E-state index in [1.54, 1.807) is 23.5 Å². The fourth-order valence-corrected chi connectivity index (χ4v) is 3.32. The van der Waals surface area contributed by atoms with Gasteiger partial charge in [0.1, 0.15) is 22.3 Å². The Morgan fingerprint density at radius 3 is 2.73 bits per heavy atom. The van der Waals surface area contributed by atoms with Crippen LogP contribution in [0.25, 0.3) is 21.3 Å². The standard InChI is InChI=1S/C16H17FN4S/c1-10-20-15(19-8-2-7-18)14-13(9-22-16(14)21-10)11-3-5-12(17)6-4-11/h3-6,9H,2,7-8,18H2,1H3,(H,19,20,21). The highest BCUT2D eigenvalue weighted by molar-refractivity contribution is 7.17. The highest BCUT2D eigenvalue weighted by atomic mass is 32.1. The van der Waals surface area contributed by atoms with Crippen LogP contribution in [0.3, 0.4) is 0 Å². The number of hydrogen-bond acceptors (Lipinski definition) is 5. The summed E-state index contributed by atoms with van der Waals surface area (Å²) in [7, 11) is 0. The molecule has 4 nitrogen and oxygen atoms in total. The number of thiophene rings is 1. The summed E-state index contributed by atoms with van der Waals surface area (Å²) >= 11 is 1.57. The van der Waals surface area contributed by atoms with E-state index in [1.807, 2.05) is 12.3 Å². The number of nitrogens with one attached hydrogen (secondary N) is 1. The molecular formula is C16H17FN4S. The third-order valence-corrected chi connectivity index (χ3v) is 4.25. The quantitative estimate of drug-likeness (QED) is 0.706. The van der Waals surface area contributed by atoms with E-state index in [0.29, 0.717) is 6.54 Å². The summed E-state index contributed by atoms with van der Waals surface area (Å²) in [6, 6.07) is 6.49. The smallest absolute Gasteiger partial charge is 0.139 e. The number of aryl methyl sites for hydroxylation is 1. The monoisotopic (exact) mass is 316 g/mol. The minimum absolute atomic E-state index is 0.239. The molecule has 0 fully saturated rings. The Morgan fingerprint density at radius 1 is 1.23 bits per heavy atom. The van der Waals surface area contributed by atoms with Crippen molar-refractivity contribution in [3.8, 4) is 11.1 Å². The van der Waals surface area contributed by atoms with Gasteiger partial charge >= 0.3 is 0 Å². The zero-order valence-electron chi connectivity index (χ0n) is 12.3. The highest BCUT2D eigenvalue weighted by Gasteiger charge is 2.14. The second-order valence-electron chi connectivity index (χ2n) is 5.02. The molecular weight excluding hydrogens is 299 g/mol. The molecule has 0 saturated heterocycles. The lowest BCUT2D eigenvalue weighted by Crippen LogP contribution is -2.10. The van der Waals surface area contributed by atoms with E-state index in [4.69, 9.17) is 5.73 Å². The van der Waals surface area contributed by atoms with Gasteiger partial charge in [0, 0.05) is 17.5 Å². The van der Waals surface area contributed by atoms with Crippen LogP contribution in [0.5, 0.6) is 0 Å². The predicted molar refractivity (Wildman–Crippen MR) is 89.7 cm³/mol. The summed E-state index contributed by atoms with van der Waals surface area (Å²) in [6.07, 6.45) is 0.876. The maximum Gasteiger partial charge on any atom is 0.139 e. The van der Waals surface area contributed by atoms with Gasteiger partial charge in [0.2, 0.25) is 0 Å². The van der Waals surface area contributed by atoms with Crippen molar-refractivity contribution in [2.75, 3.05) is 18.4 Å². The van der Waals surface area contributed by atoms with Crippen LogP contribution < -0.4 is 11.1 Å². The first-order valence-electron chi connectivity index (χ1n) is 7.15. The molecule has 0 radical (unpaired) electrons. The van der Waals surface area contributed by atoms with E-state index in [1.165, 1.54) is 12.1 Å². The molecule has 3 aromatic rings. The third kappa shape index (κ3) is 2.93. The van der Waals surface area contributed by atoms with E-state index in [-0.39, 0.29) is 5.82 Å². The lowest BCUT2D eigenvalue weighted by atomic mass is 10.1. The van der Waals surface area contributed by atoms with E-state index in [2.05, 4.69) is 15.3 Å².